The monoisotopic (exact) mass is 546 g/mol. The number of amides is 2. The van der Waals surface area contributed by atoms with Crippen molar-refractivity contribution in [3.8, 4) is 0 Å². The quantitative estimate of drug-likeness (QED) is 0.436. The highest BCUT2D eigenvalue weighted by atomic mass is 35.5. The second kappa shape index (κ2) is 9.63. The summed E-state index contributed by atoms with van der Waals surface area (Å²) >= 11 is 6.58. The first kappa shape index (κ1) is 29.6. The second-order valence-electron chi connectivity index (χ2n) is 12.1. The molecule has 2 aliphatic rings. The van der Waals surface area contributed by atoms with Crippen LogP contribution in [0.2, 0.25) is 5.02 Å². The summed E-state index contributed by atoms with van der Waals surface area (Å²) in [7, 11) is 0.889. The number of halogens is 4. The van der Waals surface area contributed by atoms with Crippen LogP contribution in [-0.4, -0.2) is 59.4 Å². The molecule has 1 aromatic carbocycles. The van der Waals surface area contributed by atoms with Crippen molar-refractivity contribution in [2.24, 2.45) is 5.41 Å². The number of benzene rings is 1. The van der Waals surface area contributed by atoms with E-state index >= 15 is 0 Å². The molecule has 2 aliphatic heterocycles. The highest BCUT2D eigenvalue weighted by Gasteiger charge is 2.60. The Bertz CT molecular complexity index is 1060. The Labute approximate surface area is 222 Å². The van der Waals surface area contributed by atoms with Crippen molar-refractivity contribution in [1.29, 1.82) is 0 Å². The molecule has 1 saturated heterocycles. The number of hydrogen-bond acceptors (Lipinski definition) is 4. The number of rotatable bonds is 3. The van der Waals surface area contributed by atoms with Gasteiger partial charge in [-0.3, -0.25) is 9.69 Å². The molecule has 2 amide bonds. The van der Waals surface area contributed by atoms with Gasteiger partial charge in [0.05, 0.1) is 5.54 Å². The highest BCUT2D eigenvalue weighted by Crippen LogP contribution is 2.54. The molecule has 0 radical (unpaired) electrons. The summed E-state index contributed by atoms with van der Waals surface area (Å²) in [4.78, 5) is 29.6. The van der Waals surface area contributed by atoms with Gasteiger partial charge < -0.3 is 14.4 Å². The summed E-state index contributed by atoms with van der Waals surface area (Å²) in [5.41, 5.74) is -2.68. The average Bonchev–Trinajstić information content (AvgIpc) is 3.21. The molecule has 6 nitrogen and oxygen atoms in total. The van der Waals surface area contributed by atoms with Crippen LogP contribution in [0.4, 0.5) is 18.0 Å². The van der Waals surface area contributed by atoms with Gasteiger partial charge in [0.15, 0.2) is 0 Å². The van der Waals surface area contributed by atoms with Crippen LogP contribution in [0.1, 0.15) is 78.0 Å². The highest BCUT2D eigenvalue weighted by molar-refractivity contribution is 6.30. The topological polar surface area (TPSA) is 59.1 Å². The minimum atomic E-state index is -4.88. The van der Waals surface area contributed by atoms with Crippen LogP contribution in [0.5, 0.6) is 0 Å². The predicted molar refractivity (Wildman–Crippen MR) is 135 cm³/mol. The molecule has 3 rings (SSSR count). The molecule has 1 fully saturated rings. The van der Waals surface area contributed by atoms with E-state index in [2.05, 4.69) is 0 Å². The Morgan fingerprint density at radius 2 is 1.65 bits per heavy atom. The van der Waals surface area contributed by atoms with Gasteiger partial charge in [-0.2, -0.15) is 13.2 Å². The van der Waals surface area contributed by atoms with E-state index in [1.807, 2.05) is 20.8 Å². The Balaban J connectivity index is 2.16. The van der Waals surface area contributed by atoms with Gasteiger partial charge in [0.2, 0.25) is 5.60 Å². The standard InChI is InChI=1S/C27H38ClF3N2O4/c1-23(2,3)26(11-9-12-33(26)22(35)37-24(4,5)6)20-15-18(28)14-17-10-13-32(16-19(17)20)21(34)25(7,36-8)27(29,30)31/h14-15H,9-13,16H2,1-8H3/t25-,26-/m1/s1. The van der Waals surface area contributed by atoms with E-state index in [-0.39, 0.29) is 13.1 Å². The molecule has 37 heavy (non-hydrogen) atoms. The second-order valence-corrected chi connectivity index (χ2v) is 12.6. The Kier molecular flexibility index (Phi) is 7.69. The molecule has 0 aliphatic carbocycles. The number of carbonyl (C=O) groups excluding carboxylic acids is 2. The zero-order valence-electron chi connectivity index (χ0n) is 22.9. The largest absolute Gasteiger partial charge is 0.444 e. The van der Waals surface area contributed by atoms with Gasteiger partial charge in [0.25, 0.3) is 5.91 Å². The number of alkyl halides is 3. The van der Waals surface area contributed by atoms with E-state index < -0.39 is 40.3 Å². The van der Waals surface area contributed by atoms with Crippen LogP contribution in [0.15, 0.2) is 12.1 Å². The smallest absolute Gasteiger partial charge is 0.426 e. The third kappa shape index (κ3) is 5.18. The van der Waals surface area contributed by atoms with Crippen molar-refractivity contribution in [2.45, 2.75) is 97.2 Å². The van der Waals surface area contributed by atoms with Crippen LogP contribution >= 0.6 is 11.6 Å². The van der Waals surface area contributed by atoms with Crippen LogP contribution < -0.4 is 0 Å². The van der Waals surface area contributed by atoms with Crippen molar-refractivity contribution in [1.82, 2.24) is 9.80 Å². The summed E-state index contributed by atoms with van der Waals surface area (Å²) < 4.78 is 52.0. The number of methoxy groups -OCH3 is 1. The predicted octanol–water partition coefficient (Wildman–Crippen LogP) is 6.46. The molecule has 1 aromatic rings. The number of hydrogen-bond donors (Lipinski definition) is 0. The minimum Gasteiger partial charge on any atom is -0.444 e. The van der Waals surface area contributed by atoms with Gasteiger partial charge in [0.1, 0.15) is 5.60 Å². The summed E-state index contributed by atoms with van der Waals surface area (Å²) in [6, 6.07) is 3.59. The van der Waals surface area contributed by atoms with E-state index in [4.69, 9.17) is 21.1 Å². The fourth-order valence-electron chi connectivity index (χ4n) is 5.64. The third-order valence-electron chi connectivity index (χ3n) is 7.63. The first-order valence-corrected chi connectivity index (χ1v) is 12.9. The van der Waals surface area contributed by atoms with Gasteiger partial charge in [-0.25, -0.2) is 4.79 Å². The van der Waals surface area contributed by atoms with Crippen molar-refractivity contribution < 1.29 is 32.2 Å². The van der Waals surface area contributed by atoms with Gasteiger partial charge in [-0.05, 0) is 81.2 Å². The lowest BCUT2D eigenvalue weighted by Gasteiger charge is -2.50. The minimum absolute atomic E-state index is 0.0459. The molecule has 0 spiro atoms. The first-order valence-electron chi connectivity index (χ1n) is 12.5. The van der Waals surface area contributed by atoms with E-state index in [9.17, 15) is 22.8 Å². The van der Waals surface area contributed by atoms with Crippen molar-refractivity contribution >= 4 is 23.6 Å². The number of fused-ring (bicyclic) bond motifs is 1. The molecule has 0 saturated carbocycles. The lowest BCUT2D eigenvalue weighted by atomic mass is 9.65. The first-order chi connectivity index (χ1) is 16.8. The fourth-order valence-corrected chi connectivity index (χ4v) is 5.88. The van der Waals surface area contributed by atoms with Crippen LogP contribution in [-0.2, 0) is 32.8 Å². The van der Waals surface area contributed by atoms with Gasteiger partial charge >= 0.3 is 12.3 Å². The summed E-state index contributed by atoms with van der Waals surface area (Å²) in [6.07, 6.45) is -3.67. The molecule has 0 bridgehead atoms. The Morgan fingerprint density at radius 3 is 2.16 bits per heavy atom. The van der Waals surface area contributed by atoms with Crippen LogP contribution in [0, 0.1) is 5.41 Å². The molecular formula is C27H38ClF3N2O4. The zero-order valence-corrected chi connectivity index (χ0v) is 23.7. The molecule has 208 valence electrons. The van der Waals surface area contributed by atoms with E-state index in [0.29, 0.717) is 24.4 Å². The molecule has 2 heterocycles. The normalized spacial score (nSPS) is 22.5. The zero-order chi connectivity index (χ0) is 28.2. The van der Waals surface area contributed by atoms with Gasteiger partial charge in [0, 0.05) is 31.8 Å². The van der Waals surface area contributed by atoms with Crippen molar-refractivity contribution in [3.05, 3.63) is 33.8 Å². The van der Waals surface area contributed by atoms with E-state index in [1.54, 1.807) is 37.8 Å². The summed E-state index contributed by atoms with van der Waals surface area (Å²) in [5.74, 6) is -1.14. The SMILES string of the molecule is CO[C@](C)(C(=O)N1CCc2cc(Cl)cc([C@@]3(C(C)(C)C)CCCN3C(=O)OC(C)(C)C)c2C1)C(F)(F)F. The van der Waals surface area contributed by atoms with Crippen LogP contribution in [0.3, 0.4) is 0 Å². The van der Waals surface area contributed by atoms with Gasteiger partial charge in [-0.15, -0.1) is 0 Å². The van der Waals surface area contributed by atoms with Gasteiger partial charge in [-0.1, -0.05) is 32.4 Å². The van der Waals surface area contributed by atoms with Crippen molar-refractivity contribution in [2.75, 3.05) is 20.2 Å². The number of ether oxygens (including phenoxy) is 2. The lowest BCUT2D eigenvalue weighted by molar-refractivity contribution is -0.258. The molecule has 0 unspecified atom stereocenters. The van der Waals surface area contributed by atoms with Crippen LogP contribution in [0.25, 0.3) is 0 Å². The number of carbonyl (C=O) groups is 2. The van der Waals surface area contributed by atoms with Crippen molar-refractivity contribution in [3.63, 3.8) is 0 Å². The molecule has 0 aromatic heterocycles. The summed E-state index contributed by atoms with van der Waals surface area (Å²) in [5, 5.41) is 0.477. The molecular weight excluding hydrogens is 509 g/mol. The molecule has 10 heteroatoms. The number of likely N-dealkylation sites (tertiary alicyclic amines) is 1. The Hall–Kier alpha value is -2.00. The molecule has 2 atom stereocenters. The lowest BCUT2D eigenvalue weighted by Crippen LogP contribution is -2.58. The molecule has 0 N–H and O–H groups in total. The number of nitrogens with zero attached hydrogens (tertiary/aromatic N) is 2. The average molecular weight is 547 g/mol. The van der Waals surface area contributed by atoms with E-state index in [0.717, 1.165) is 37.1 Å². The maximum atomic E-state index is 13.8. The maximum Gasteiger partial charge on any atom is 0.426 e. The maximum absolute atomic E-state index is 13.8. The summed E-state index contributed by atoms with van der Waals surface area (Å²) in [6.45, 7) is 12.8. The Morgan fingerprint density at radius 1 is 1.03 bits per heavy atom. The third-order valence-corrected chi connectivity index (χ3v) is 7.85. The van der Waals surface area contributed by atoms with E-state index in [1.165, 1.54) is 4.90 Å². The fraction of sp³-hybridized carbons (Fsp3) is 0.704.